The molecule has 0 radical (unpaired) electrons. The van der Waals surface area contributed by atoms with Gasteiger partial charge in [-0.05, 0) is 40.8 Å². The Morgan fingerprint density at radius 3 is 2.10 bits per heavy atom. The Morgan fingerprint density at radius 1 is 1.00 bits per heavy atom. The molecular formula is C18H20BrNO. The van der Waals surface area contributed by atoms with Crippen LogP contribution in [0.1, 0.15) is 31.9 Å². The fourth-order valence-corrected chi connectivity index (χ4v) is 2.31. The topological polar surface area (TPSA) is 29.1 Å². The van der Waals surface area contributed by atoms with E-state index in [2.05, 4.69) is 54.2 Å². The molecule has 1 N–H and O–H groups in total. The van der Waals surface area contributed by atoms with Crippen molar-refractivity contribution in [3.63, 3.8) is 0 Å². The van der Waals surface area contributed by atoms with Crippen molar-refractivity contribution in [2.24, 2.45) is 0 Å². The lowest BCUT2D eigenvalue weighted by atomic mass is 9.87. The number of nitrogens with one attached hydrogen (secondary N) is 1. The maximum atomic E-state index is 12.0. The lowest BCUT2D eigenvalue weighted by Crippen LogP contribution is -2.15. The number of halogens is 1. The van der Waals surface area contributed by atoms with E-state index in [0.29, 0.717) is 6.42 Å². The minimum atomic E-state index is 0.000770. The Hall–Kier alpha value is -1.61. The van der Waals surface area contributed by atoms with Crippen LogP contribution in [-0.2, 0) is 16.6 Å². The highest BCUT2D eigenvalue weighted by atomic mass is 79.9. The van der Waals surface area contributed by atoms with Crippen molar-refractivity contribution in [3.8, 4) is 0 Å². The third-order valence-corrected chi connectivity index (χ3v) is 3.84. The van der Waals surface area contributed by atoms with E-state index >= 15 is 0 Å². The molecule has 2 aromatic rings. The van der Waals surface area contributed by atoms with Gasteiger partial charge in [-0.2, -0.15) is 0 Å². The van der Waals surface area contributed by atoms with Crippen LogP contribution < -0.4 is 5.32 Å². The Bertz CT molecular complexity index is 609. The van der Waals surface area contributed by atoms with Crippen molar-refractivity contribution in [3.05, 3.63) is 64.1 Å². The first-order chi connectivity index (χ1) is 9.84. The molecule has 0 aliphatic rings. The van der Waals surface area contributed by atoms with Crippen molar-refractivity contribution < 1.29 is 4.79 Å². The Balaban J connectivity index is 1.98. The molecular weight excluding hydrogens is 326 g/mol. The van der Waals surface area contributed by atoms with Crippen LogP contribution in [-0.4, -0.2) is 5.91 Å². The van der Waals surface area contributed by atoms with Crippen molar-refractivity contribution in [2.45, 2.75) is 32.6 Å². The van der Waals surface area contributed by atoms with Gasteiger partial charge in [-0.3, -0.25) is 4.79 Å². The van der Waals surface area contributed by atoms with E-state index < -0.39 is 0 Å². The van der Waals surface area contributed by atoms with Gasteiger partial charge < -0.3 is 5.32 Å². The highest BCUT2D eigenvalue weighted by Gasteiger charge is 2.13. The summed E-state index contributed by atoms with van der Waals surface area (Å²) in [4.78, 5) is 12.0. The van der Waals surface area contributed by atoms with Gasteiger partial charge in [-0.1, -0.05) is 61.0 Å². The molecule has 1 amide bonds. The molecule has 2 nitrogen and oxygen atoms in total. The summed E-state index contributed by atoms with van der Waals surface area (Å²) in [6.45, 7) is 6.52. The summed E-state index contributed by atoms with van der Waals surface area (Å²) in [5, 5.41) is 2.93. The Morgan fingerprint density at radius 2 is 1.57 bits per heavy atom. The molecule has 2 rings (SSSR count). The van der Waals surface area contributed by atoms with Crippen LogP contribution in [0, 0.1) is 0 Å². The first-order valence-electron chi connectivity index (χ1n) is 6.99. The third-order valence-electron chi connectivity index (χ3n) is 3.31. The summed E-state index contributed by atoms with van der Waals surface area (Å²) in [5.41, 5.74) is 3.22. The summed E-state index contributed by atoms with van der Waals surface area (Å²) >= 11 is 3.39. The second-order valence-electron chi connectivity index (χ2n) is 6.18. The standard InChI is InChI=1S/C18H20BrNO/c1-18(2,3)14-6-10-16(11-7-14)20-17(21)12-13-4-8-15(19)9-5-13/h4-11H,12H2,1-3H3,(H,20,21). The second kappa shape index (κ2) is 6.44. The number of hydrogen-bond acceptors (Lipinski definition) is 1. The molecule has 2 aromatic carbocycles. The molecule has 0 heterocycles. The van der Waals surface area contributed by atoms with Gasteiger partial charge in [0.15, 0.2) is 0 Å². The number of anilines is 1. The quantitative estimate of drug-likeness (QED) is 0.839. The average Bonchev–Trinajstić information content (AvgIpc) is 2.41. The minimum Gasteiger partial charge on any atom is -0.326 e. The van der Waals surface area contributed by atoms with E-state index in [1.165, 1.54) is 5.56 Å². The fourth-order valence-electron chi connectivity index (χ4n) is 2.05. The SMILES string of the molecule is CC(C)(C)c1ccc(NC(=O)Cc2ccc(Br)cc2)cc1. The van der Waals surface area contributed by atoms with Crippen LogP contribution >= 0.6 is 15.9 Å². The van der Waals surface area contributed by atoms with Crippen LogP contribution in [0.3, 0.4) is 0 Å². The molecule has 21 heavy (non-hydrogen) atoms. The number of carbonyl (C=O) groups is 1. The molecule has 0 fully saturated rings. The zero-order valence-corrected chi connectivity index (χ0v) is 14.2. The van der Waals surface area contributed by atoms with Gasteiger partial charge >= 0.3 is 0 Å². The van der Waals surface area contributed by atoms with Gasteiger partial charge in [0.2, 0.25) is 5.91 Å². The van der Waals surface area contributed by atoms with Gasteiger partial charge in [0.1, 0.15) is 0 Å². The smallest absolute Gasteiger partial charge is 0.228 e. The van der Waals surface area contributed by atoms with Crippen LogP contribution in [0.2, 0.25) is 0 Å². The van der Waals surface area contributed by atoms with Crippen molar-refractivity contribution >= 4 is 27.5 Å². The molecule has 0 aliphatic carbocycles. The number of rotatable bonds is 3. The van der Waals surface area contributed by atoms with E-state index in [0.717, 1.165) is 15.7 Å². The van der Waals surface area contributed by atoms with Gasteiger partial charge in [0.05, 0.1) is 6.42 Å². The molecule has 0 saturated carbocycles. The van der Waals surface area contributed by atoms with E-state index in [4.69, 9.17) is 0 Å². The maximum Gasteiger partial charge on any atom is 0.228 e. The molecule has 0 spiro atoms. The normalized spacial score (nSPS) is 11.2. The monoisotopic (exact) mass is 345 g/mol. The first kappa shape index (κ1) is 15.8. The summed E-state index contributed by atoms with van der Waals surface area (Å²) in [6, 6.07) is 15.8. The Labute approximate surface area is 134 Å². The second-order valence-corrected chi connectivity index (χ2v) is 7.09. The van der Waals surface area contributed by atoms with Gasteiger partial charge in [-0.25, -0.2) is 0 Å². The van der Waals surface area contributed by atoms with E-state index in [-0.39, 0.29) is 11.3 Å². The summed E-state index contributed by atoms with van der Waals surface area (Å²) in [5.74, 6) is 0.000770. The van der Waals surface area contributed by atoms with Crippen molar-refractivity contribution in [1.82, 2.24) is 0 Å². The molecule has 0 bridgehead atoms. The predicted octanol–water partition coefficient (Wildman–Crippen LogP) is 4.93. The van der Waals surface area contributed by atoms with Crippen LogP contribution in [0.25, 0.3) is 0 Å². The third kappa shape index (κ3) is 4.71. The molecule has 0 unspecified atom stereocenters. The van der Waals surface area contributed by atoms with Crippen LogP contribution in [0.4, 0.5) is 5.69 Å². The lowest BCUT2D eigenvalue weighted by Gasteiger charge is -2.19. The van der Waals surface area contributed by atoms with Gasteiger partial charge in [0.25, 0.3) is 0 Å². The zero-order chi connectivity index (χ0) is 15.5. The first-order valence-corrected chi connectivity index (χ1v) is 7.79. The fraction of sp³-hybridized carbons (Fsp3) is 0.278. The predicted molar refractivity (Wildman–Crippen MR) is 91.6 cm³/mol. The van der Waals surface area contributed by atoms with Crippen molar-refractivity contribution in [2.75, 3.05) is 5.32 Å². The number of hydrogen-bond donors (Lipinski definition) is 1. The zero-order valence-electron chi connectivity index (χ0n) is 12.6. The van der Waals surface area contributed by atoms with Gasteiger partial charge in [0, 0.05) is 10.2 Å². The summed E-state index contributed by atoms with van der Waals surface area (Å²) in [6.07, 6.45) is 0.383. The molecule has 0 aromatic heterocycles. The van der Waals surface area contributed by atoms with E-state index in [1.54, 1.807) is 0 Å². The molecule has 3 heteroatoms. The highest BCUT2D eigenvalue weighted by Crippen LogP contribution is 2.23. The van der Waals surface area contributed by atoms with E-state index in [9.17, 15) is 4.79 Å². The highest BCUT2D eigenvalue weighted by molar-refractivity contribution is 9.10. The molecule has 0 atom stereocenters. The van der Waals surface area contributed by atoms with Crippen LogP contribution in [0.5, 0.6) is 0 Å². The average molecular weight is 346 g/mol. The number of amides is 1. The van der Waals surface area contributed by atoms with Crippen LogP contribution in [0.15, 0.2) is 53.0 Å². The molecule has 0 aliphatic heterocycles. The largest absolute Gasteiger partial charge is 0.326 e. The van der Waals surface area contributed by atoms with E-state index in [1.807, 2.05) is 36.4 Å². The minimum absolute atomic E-state index is 0.000770. The Kier molecular flexibility index (Phi) is 4.84. The number of benzene rings is 2. The molecule has 0 saturated heterocycles. The van der Waals surface area contributed by atoms with Crippen molar-refractivity contribution in [1.29, 1.82) is 0 Å². The lowest BCUT2D eigenvalue weighted by molar-refractivity contribution is -0.115. The number of carbonyl (C=O) groups excluding carboxylic acids is 1. The summed E-state index contributed by atoms with van der Waals surface area (Å²) in [7, 11) is 0. The summed E-state index contributed by atoms with van der Waals surface area (Å²) < 4.78 is 1.02. The molecule has 110 valence electrons. The van der Waals surface area contributed by atoms with Gasteiger partial charge in [-0.15, -0.1) is 0 Å². The maximum absolute atomic E-state index is 12.0.